The predicted molar refractivity (Wildman–Crippen MR) is 106 cm³/mol. The van der Waals surface area contributed by atoms with E-state index >= 15 is 0 Å². The molecule has 4 nitrogen and oxygen atoms in total. The van der Waals surface area contributed by atoms with E-state index in [2.05, 4.69) is 40.6 Å². The molecular weight excluding hydrogens is 336 g/mol. The predicted octanol–water partition coefficient (Wildman–Crippen LogP) is 4.00. The SMILES string of the molecule is c1ccc(COc2ccc(CNC[C@@H]3COc4ccccc4C3)cc2)nc1. The number of nitrogens with zero attached hydrogens (tertiary/aromatic N) is 1. The van der Waals surface area contributed by atoms with Crippen molar-refractivity contribution in [1.82, 2.24) is 10.3 Å². The number of nitrogens with one attached hydrogen (secondary N) is 1. The lowest BCUT2D eigenvalue weighted by molar-refractivity contribution is 0.218. The standard InChI is InChI=1S/C23H24N2O2/c1-2-7-23-20(5-1)13-19(16-27-23)15-24-14-18-8-10-22(11-9-18)26-17-21-6-3-4-12-25-21/h1-12,19,24H,13-17H2/t19-/m1/s1. The van der Waals surface area contributed by atoms with Crippen molar-refractivity contribution in [3.63, 3.8) is 0 Å². The fourth-order valence-corrected chi connectivity index (χ4v) is 3.29. The maximum absolute atomic E-state index is 5.86. The van der Waals surface area contributed by atoms with Crippen LogP contribution in [0.25, 0.3) is 0 Å². The number of hydrogen-bond acceptors (Lipinski definition) is 4. The highest BCUT2D eigenvalue weighted by Gasteiger charge is 2.18. The second-order valence-electron chi connectivity index (χ2n) is 6.87. The Labute approximate surface area is 160 Å². The number of ether oxygens (including phenoxy) is 2. The van der Waals surface area contributed by atoms with Crippen LogP contribution in [0.3, 0.4) is 0 Å². The van der Waals surface area contributed by atoms with Gasteiger partial charge in [0, 0.05) is 25.2 Å². The van der Waals surface area contributed by atoms with Gasteiger partial charge in [0.2, 0.25) is 0 Å². The molecule has 0 aliphatic carbocycles. The summed E-state index contributed by atoms with van der Waals surface area (Å²) in [7, 11) is 0. The van der Waals surface area contributed by atoms with Crippen molar-refractivity contribution in [3.8, 4) is 11.5 Å². The molecule has 138 valence electrons. The van der Waals surface area contributed by atoms with Crippen LogP contribution in [0.5, 0.6) is 11.5 Å². The normalized spacial score (nSPS) is 15.6. The number of hydrogen-bond donors (Lipinski definition) is 1. The molecule has 3 aromatic rings. The van der Waals surface area contributed by atoms with Crippen molar-refractivity contribution < 1.29 is 9.47 Å². The van der Waals surface area contributed by atoms with Gasteiger partial charge in [0.1, 0.15) is 18.1 Å². The van der Waals surface area contributed by atoms with Gasteiger partial charge in [-0.3, -0.25) is 4.98 Å². The zero-order chi connectivity index (χ0) is 18.3. The molecule has 1 aliphatic heterocycles. The molecule has 2 heterocycles. The van der Waals surface area contributed by atoms with E-state index in [4.69, 9.17) is 9.47 Å². The number of para-hydroxylation sites is 1. The third-order valence-electron chi connectivity index (χ3n) is 4.75. The Bertz CT molecular complexity index is 850. The Balaban J connectivity index is 1.21. The highest BCUT2D eigenvalue weighted by molar-refractivity contribution is 5.35. The summed E-state index contributed by atoms with van der Waals surface area (Å²) >= 11 is 0. The molecule has 1 N–H and O–H groups in total. The minimum atomic E-state index is 0.488. The van der Waals surface area contributed by atoms with Crippen molar-refractivity contribution >= 4 is 0 Å². The minimum absolute atomic E-state index is 0.488. The highest BCUT2D eigenvalue weighted by atomic mass is 16.5. The van der Waals surface area contributed by atoms with E-state index in [1.807, 2.05) is 36.4 Å². The van der Waals surface area contributed by atoms with Crippen LogP contribution < -0.4 is 14.8 Å². The fraction of sp³-hybridized carbons (Fsp3) is 0.261. The number of benzene rings is 2. The fourth-order valence-electron chi connectivity index (χ4n) is 3.29. The summed E-state index contributed by atoms with van der Waals surface area (Å²) in [5.74, 6) is 2.41. The summed E-state index contributed by atoms with van der Waals surface area (Å²) < 4.78 is 11.6. The lowest BCUT2D eigenvalue weighted by Crippen LogP contribution is -2.31. The van der Waals surface area contributed by atoms with Crippen LogP contribution in [0.15, 0.2) is 72.9 Å². The maximum atomic E-state index is 5.86. The molecule has 4 rings (SSSR count). The van der Waals surface area contributed by atoms with Gasteiger partial charge >= 0.3 is 0 Å². The highest BCUT2D eigenvalue weighted by Crippen LogP contribution is 2.26. The molecule has 0 bridgehead atoms. The summed E-state index contributed by atoms with van der Waals surface area (Å²) in [6, 6.07) is 22.4. The van der Waals surface area contributed by atoms with Crippen LogP contribution in [0.2, 0.25) is 0 Å². The van der Waals surface area contributed by atoms with Crippen molar-refractivity contribution in [2.75, 3.05) is 13.2 Å². The molecule has 1 aliphatic rings. The number of pyridine rings is 1. The van der Waals surface area contributed by atoms with Crippen LogP contribution in [-0.2, 0) is 19.6 Å². The van der Waals surface area contributed by atoms with Gasteiger partial charge < -0.3 is 14.8 Å². The molecule has 4 heteroatoms. The minimum Gasteiger partial charge on any atom is -0.493 e. The molecule has 0 amide bonds. The molecule has 27 heavy (non-hydrogen) atoms. The summed E-state index contributed by atoms with van der Waals surface area (Å²) in [6.07, 6.45) is 2.85. The van der Waals surface area contributed by atoms with Gasteiger partial charge in [0.15, 0.2) is 0 Å². The average molecular weight is 360 g/mol. The molecule has 0 saturated heterocycles. The van der Waals surface area contributed by atoms with E-state index in [0.717, 1.165) is 43.3 Å². The van der Waals surface area contributed by atoms with Gasteiger partial charge in [-0.15, -0.1) is 0 Å². The van der Waals surface area contributed by atoms with Gasteiger partial charge in [0.25, 0.3) is 0 Å². The van der Waals surface area contributed by atoms with E-state index in [9.17, 15) is 0 Å². The summed E-state index contributed by atoms with van der Waals surface area (Å²) in [6.45, 7) is 3.07. The smallest absolute Gasteiger partial charge is 0.130 e. The Morgan fingerprint density at radius 2 is 1.85 bits per heavy atom. The lowest BCUT2D eigenvalue weighted by atomic mass is 9.97. The van der Waals surface area contributed by atoms with Crippen molar-refractivity contribution in [1.29, 1.82) is 0 Å². The monoisotopic (exact) mass is 360 g/mol. The zero-order valence-corrected chi connectivity index (χ0v) is 15.3. The molecule has 0 fully saturated rings. The Morgan fingerprint density at radius 3 is 2.70 bits per heavy atom. The largest absolute Gasteiger partial charge is 0.493 e. The maximum Gasteiger partial charge on any atom is 0.130 e. The van der Waals surface area contributed by atoms with Crippen LogP contribution in [0.1, 0.15) is 16.8 Å². The van der Waals surface area contributed by atoms with Crippen LogP contribution in [-0.4, -0.2) is 18.1 Å². The zero-order valence-electron chi connectivity index (χ0n) is 15.3. The van der Waals surface area contributed by atoms with Gasteiger partial charge in [-0.05, 0) is 47.9 Å². The molecule has 2 aromatic carbocycles. The Kier molecular flexibility index (Phi) is 5.65. The molecule has 1 atom stereocenters. The summed E-state index contributed by atoms with van der Waals surface area (Å²) in [5, 5.41) is 3.55. The molecule has 1 aromatic heterocycles. The van der Waals surface area contributed by atoms with E-state index in [1.165, 1.54) is 11.1 Å². The summed E-state index contributed by atoms with van der Waals surface area (Å²) in [4.78, 5) is 4.27. The van der Waals surface area contributed by atoms with Crippen molar-refractivity contribution in [2.45, 2.75) is 19.6 Å². The molecular formula is C23H24N2O2. The van der Waals surface area contributed by atoms with Crippen LogP contribution in [0, 0.1) is 5.92 Å². The molecule has 0 unspecified atom stereocenters. The number of fused-ring (bicyclic) bond motifs is 1. The topological polar surface area (TPSA) is 43.4 Å². The van der Waals surface area contributed by atoms with Crippen LogP contribution >= 0.6 is 0 Å². The number of rotatable bonds is 7. The first-order valence-electron chi connectivity index (χ1n) is 9.40. The molecule has 0 spiro atoms. The van der Waals surface area contributed by atoms with Crippen molar-refractivity contribution in [2.24, 2.45) is 5.92 Å². The van der Waals surface area contributed by atoms with Gasteiger partial charge in [-0.1, -0.05) is 36.4 Å². The van der Waals surface area contributed by atoms with E-state index in [-0.39, 0.29) is 0 Å². The number of aromatic nitrogens is 1. The first-order valence-corrected chi connectivity index (χ1v) is 9.40. The third-order valence-corrected chi connectivity index (χ3v) is 4.75. The van der Waals surface area contributed by atoms with E-state index < -0.39 is 0 Å². The van der Waals surface area contributed by atoms with Gasteiger partial charge in [0.05, 0.1) is 12.3 Å². The molecule has 0 radical (unpaired) electrons. The summed E-state index contributed by atoms with van der Waals surface area (Å²) in [5.41, 5.74) is 3.49. The van der Waals surface area contributed by atoms with Gasteiger partial charge in [-0.2, -0.15) is 0 Å². The second-order valence-corrected chi connectivity index (χ2v) is 6.87. The van der Waals surface area contributed by atoms with Crippen molar-refractivity contribution in [3.05, 3.63) is 89.7 Å². The second kappa shape index (κ2) is 8.69. The lowest BCUT2D eigenvalue weighted by Gasteiger charge is -2.25. The van der Waals surface area contributed by atoms with Crippen LogP contribution in [0.4, 0.5) is 0 Å². The first-order chi connectivity index (χ1) is 13.4. The Hall–Kier alpha value is -2.85. The van der Waals surface area contributed by atoms with Gasteiger partial charge in [-0.25, -0.2) is 0 Å². The first kappa shape index (κ1) is 17.6. The van der Waals surface area contributed by atoms with E-state index in [0.29, 0.717) is 12.5 Å². The van der Waals surface area contributed by atoms with E-state index in [1.54, 1.807) is 6.20 Å². The Morgan fingerprint density at radius 1 is 1.00 bits per heavy atom. The quantitative estimate of drug-likeness (QED) is 0.692. The molecule has 0 saturated carbocycles. The third kappa shape index (κ3) is 4.86. The average Bonchev–Trinajstić information content (AvgIpc) is 2.74.